The van der Waals surface area contributed by atoms with Gasteiger partial charge in [-0.25, -0.2) is 4.98 Å². The van der Waals surface area contributed by atoms with E-state index in [0.29, 0.717) is 17.4 Å². The molecule has 0 saturated heterocycles. The Morgan fingerprint density at radius 2 is 2.18 bits per heavy atom. The molecule has 2 heterocycles. The molecule has 1 amide bonds. The van der Waals surface area contributed by atoms with E-state index in [2.05, 4.69) is 24.1 Å². The molecule has 0 bridgehead atoms. The first kappa shape index (κ1) is 15.0. The second kappa shape index (κ2) is 6.08. The third kappa shape index (κ3) is 2.86. The summed E-state index contributed by atoms with van der Waals surface area (Å²) in [5, 5.41) is 4.15. The molecule has 1 atom stereocenters. The van der Waals surface area contributed by atoms with Gasteiger partial charge in [-0.05, 0) is 13.0 Å². The number of ether oxygens (including phenoxy) is 1. The van der Waals surface area contributed by atoms with E-state index in [9.17, 15) is 4.79 Å². The number of aryl methyl sites for hydroxylation is 1. The van der Waals surface area contributed by atoms with Crippen molar-refractivity contribution in [3.8, 4) is 5.75 Å². The van der Waals surface area contributed by atoms with Gasteiger partial charge < -0.3 is 10.1 Å². The van der Waals surface area contributed by atoms with Crippen LogP contribution in [0, 0.1) is 6.92 Å². The summed E-state index contributed by atoms with van der Waals surface area (Å²) >= 11 is 1.49. The number of amides is 1. The summed E-state index contributed by atoms with van der Waals surface area (Å²) in [5.41, 5.74) is 1.86. The second-order valence-corrected chi connectivity index (χ2v) is 6.85. The van der Waals surface area contributed by atoms with Crippen molar-refractivity contribution in [2.45, 2.75) is 39.2 Å². The molecule has 1 N–H and O–H groups in total. The quantitative estimate of drug-likeness (QED) is 0.936. The topological polar surface area (TPSA) is 51.2 Å². The maximum absolute atomic E-state index is 12.6. The SMILES string of the molecule is Cc1nc(C(C)C)sc1C(=O)N[C@@H]1CCOc2ccccc21. The Kier molecular flexibility index (Phi) is 4.16. The van der Waals surface area contributed by atoms with Crippen molar-refractivity contribution in [1.82, 2.24) is 10.3 Å². The van der Waals surface area contributed by atoms with E-state index in [4.69, 9.17) is 4.74 Å². The van der Waals surface area contributed by atoms with Crippen molar-refractivity contribution < 1.29 is 9.53 Å². The molecule has 5 heteroatoms. The van der Waals surface area contributed by atoms with Crippen molar-refractivity contribution in [2.75, 3.05) is 6.61 Å². The summed E-state index contributed by atoms with van der Waals surface area (Å²) in [4.78, 5) is 17.8. The second-order valence-electron chi connectivity index (χ2n) is 5.82. The minimum atomic E-state index is -0.0383. The van der Waals surface area contributed by atoms with Crippen LogP contribution in [-0.4, -0.2) is 17.5 Å². The van der Waals surface area contributed by atoms with Crippen molar-refractivity contribution in [3.63, 3.8) is 0 Å². The summed E-state index contributed by atoms with van der Waals surface area (Å²) < 4.78 is 5.64. The third-order valence-electron chi connectivity index (χ3n) is 3.78. The highest BCUT2D eigenvalue weighted by atomic mass is 32.1. The van der Waals surface area contributed by atoms with Crippen molar-refractivity contribution in [1.29, 1.82) is 0 Å². The molecule has 0 radical (unpaired) electrons. The number of carbonyl (C=O) groups is 1. The van der Waals surface area contributed by atoms with Gasteiger partial charge in [-0.15, -0.1) is 11.3 Å². The number of hydrogen-bond acceptors (Lipinski definition) is 4. The number of rotatable bonds is 3. The van der Waals surface area contributed by atoms with Crippen LogP contribution in [0.5, 0.6) is 5.75 Å². The number of thiazole rings is 1. The molecule has 3 rings (SSSR count). The predicted octanol–water partition coefficient (Wildman–Crippen LogP) is 3.83. The summed E-state index contributed by atoms with van der Waals surface area (Å²) in [6.07, 6.45) is 0.789. The van der Waals surface area contributed by atoms with Crippen LogP contribution >= 0.6 is 11.3 Å². The molecule has 0 fully saturated rings. The van der Waals surface area contributed by atoms with Crippen LogP contribution in [0.2, 0.25) is 0 Å². The average Bonchev–Trinajstić information content (AvgIpc) is 2.90. The lowest BCUT2D eigenvalue weighted by Crippen LogP contribution is -2.32. The van der Waals surface area contributed by atoms with Gasteiger partial charge >= 0.3 is 0 Å². The van der Waals surface area contributed by atoms with E-state index in [1.54, 1.807) is 0 Å². The van der Waals surface area contributed by atoms with Gasteiger partial charge in [0.15, 0.2) is 0 Å². The monoisotopic (exact) mass is 316 g/mol. The Balaban J connectivity index is 1.81. The molecule has 22 heavy (non-hydrogen) atoms. The zero-order chi connectivity index (χ0) is 15.7. The average molecular weight is 316 g/mol. The fraction of sp³-hybridized carbons (Fsp3) is 0.412. The van der Waals surface area contributed by atoms with E-state index in [1.165, 1.54) is 11.3 Å². The van der Waals surface area contributed by atoms with Crippen LogP contribution in [0.15, 0.2) is 24.3 Å². The van der Waals surface area contributed by atoms with Crippen LogP contribution in [0.4, 0.5) is 0 Å². The Labute approximate surface area is 134 Å². The fourth-order valence-corrected chi connectivity index (χ4v) is 3.56. The summed E-state index contributed by atoms with van der Waals surface area (Å²) in [6, 6.07) is 7.88. The number of carbonyl (C=O) groups excluding carboxylic acids is 1. The standard InChI is InChI=1S/C17H20N2O2S/c1-10(2)17-18-11(3)15(22-17)16(20)19-13-8-9-21-14-7-5-4-6-12(13)14/h4-7,10,13H,8-9H2,1-3H3,(H,19,20)/t13-/m1/s1. The molecule has 0 unspecified atom stereocenters. The van der Waals surface area contributed by atoms with Gasteiger partial charge in [0.05, 0.1) is 23.4 Å². The van der Waals surface area contributed by atoms with Gasteiger partial charge in [0.1, 0.15) is 10.6 Å². The molecule has 0 saturated carbocycles. The van der Waals surface area contributed by atoms with Crippen LogP contribution in [0.3, 0.4) is 0 Å². The maximum Gasteiger partial charge on any atom is 0.263 e. The number of benzene rings is 1. The summed E-state index contributed by atoms with van der Waals surface area (Å²) in [7, 11) is 0. The Hall–Kier alpha value is -1.88. The lowest BCUT2D eigenvalue weighted by molar-refractivity contribution is 0.0928. The largest absolute Gasteiger partial charge is 0.493 e. The van der Waals surface area contributed by atoms with E-state index < -0.39 is 0 Å². The van der Waals surface area contributed by atoms with E-state index in [1.807, 2.05) is 31.2 Å². The normalized spacial score (nSPS) is 17.0. The molecule has 116 valence electrons. The molecule has 4 nitrogen and oxygen atoms in total. The van der Waals surface area contributed by atoms with Gasteiger partial charge in [0.2, 0.25) is 0 Å². The molecule has 1 aliphatic rings. The smallest absolute Gasteiger partial charge is 0.263 e. The first-order valence-corrected chi connectivity index (χ1v) is 8.38. The highest BCUT2D eigenvalue weighted by molar-refractivity contribution is 7.13. The fourth-order valence-electron chi connectivity index (χ4n) is 2.59. The molecule has 1 aliphatic heterocycles. The zero-order valence-corrected chi connectivity index (χ0v) is 13.9. The minimum Gasteiger partial charge on any atom is -0.493 e. The number of nitrogens with one attached hydrogen (secondary N) is 1. The molecule has 1 aromatic heterocycles. The molecule has 2 aromatic rings. The number of hydrogen-bond donors (Lipinski definition) is 1. The molecule has 0 aliphatic carbocycles. The van der Waals surface area contributed by atoms with E-state index >= 15 is 0 Å². The first-order chi connectivity index (χ1) is 10.6. The van der Waals surface area contributed by atoms with Crippen LogP contribution in [-0.2, 0) is 0 Å². The molecular weight excluding hydrogens is 296 g/mol. The van der Waals surface area contributed by atoms with Gasteiger partial charge in [-0.3, -0.25) is 4.79 Å². The highest BCUT2D eigenvalue weighted by Crippen LogP contribution is 2.32. The molecular formula is C17H20N2O2S. The molecule has 1 aromatic carbocycles. The van der Waals surface area contributed by atoms with E-state index in [-0.39, 0.29) is 11.9 Å². The summed E-state index contributed by atoms with van der Waals surface area (Å²) in [5.74, 6) is 1.17. The third-order valence-corrected chi connectivity index (χ3v) is 5.23. The number of fused-ring (bicyclic) bond motifs is 1. The maximum atomic E-state index is 12.6. The number of nitrogens with zero attached hydrogens (tertiary/aromatic N) is 1. The number of aromatic nitrogens is 1. The molecule has 0 spiro atoms. The van der Waals surface area contributed by atoms with Gasteiger partial charge in [-0.2, -0.15) is 0 Å². The van der Waals surface area contributed by atoms with Crippen molar-refractivity contribution in [2.24, 2.45) is 0 Å². The lowest BCUT2D eigenvalue weighted by atomic mass is 10.0. The van der Waals surface area contributed by atoms with Gasteiger partial charge in [0.25, 0.3) is 5.91 Å². The first-order valence-electron chi connectivity index (χ1n) is 7.56. The van der Waals surface area contributed by atoms with Crippen LogP contribution in [0.25, 0.3) is 0 Å². The Morgan fingerprint density at radius 3 is 2.91 bits per heavy atom. The lowest BCUT2D eigenvalue weighted by Gasteiger charge is -2.26. The Bertz CT molecular complexity index is 694. The van der Waals surface area contributed by atoms with E-state index in [0.717, 1.165) is 28.4 Å². The van der Waals surface area contributed by atoms with Crippen molar-refractivity contribution >= 4 is 17.2 Å². The van der Waals surface area contributed by atoms with Crippen molar-refractivity contribution in [3.05, 3.63) is 45.4 Å². The van der Waals surface area contributed by atoms with Gasteiger partial charge in [0, 0.05) is 17.9 Å². The summed E-state index contributed by atoms with van der Waals surface area (Å²) in [6.45, 7) is 6.71. The number of para-hydroxylation sites is 1. The highest BCUT2D eigenvalue weighted by Gasteiger charge is 2.25. The minimum absolute atomic E-state index is 0.00134. The van der Waals surface area contributed by atoms with Crippen LogP contribution < -0.4 is 10.1 Å². The van der Waals surface area contributed by atoms with Crippen LogP contribution in [0.1, 0.15) is 58.2 Å². The Morgan fingerprint density at radius 1 is 1.41 bits per heavy atom. The predicted molar refractivity (Wildman–Crippen MR) is 87.7 cm³/mol. The van der Waals surface area contributed by atoms with Gasteiger partial charge in [-0.1, -0.05) is 32.0 Å². The zero-order valence-electron chi connectivity index (χ0n) is 13.1.